The van der Waals surface area contributed by atoms with Crippen LogP contribution in [0, 0.1) is 6.92 Å². The molecular formula is C19H18N2O4. The molecule has 1 atom stereocenters. The van der Waals surface area contributed by atoms with Crippen LogP contribution in [0.25, 0.3) is 10.9 Å². The number of esters is 1. The van der Waals surface area contributed by atoms with E-state index in [1.54, 1.807) is 24.3 Å². The van der Waals surface area contributed by atoms with Crippen LogP contribution in [0.4, 0.5) is 0 Å². The third kappa shape index (κ3) is 3.85. The van der Waals surface area contributed by atoms with E-state index < -0.39 is 12.1 Å². The van der Waals surface area contributed by atoms with Gasteiger partial charge in [0.05, 0.1) is 23.9 Å². The fourth-order valence-corrected chi connectivity index (χ4v) is 2.49. The van der Waals surface area contributed by atoms with Crippen LogP contribution in [0.3, 0.4) is 0 Å². The molecule has 0 unspecified atom stereocenters. The van der Waals surface area contributed by atoms with Crippen molar-refractivity contribution in [3.63, 3.8) is 0 Å². The zero-order valence-corrected chi connectivity index (χ0v) is 14.0. The summed E-state index contributed by atoms with van der Waals surface area (Å²) < 4.78 is 10.5. The number of carbonyl (C=O) groups excluding carboxylic acids is 2. The molecule has 0 aliphatic heterocycles. The molecule has 1 aromatic carbocycles. The molecule has 3 aromatic rings. The maximum absolute atomic E-state index is 12.5. The number of para-hydroxylation sites is 1. The summed E-state index contributed by atoms with van der Waals surface area (Å²) in [5.41, 5.74) is 1.82. The van der Waals surface area contributed by atoms with Crippen LogP contribution in [0.15, 0.2) is 53.1 Å². The Labute approximate surface area is 144 Å². The summed E-state index contributed by atoms with van der Waals surface area (Å²) >= 11 is 0. The van der Waals surface area contributed by atoms with Crippen molar-refractivity contribution in [2.24, 2.45) is 0 Å². The van der Waals surface area contributed by atoms with Crippen molar-refractivity contribution in [1.29, 1.82) is 0 Å². The molecule has 0 radical (unpaired) electrons. The van der Waals surface area contributed by atoms with Crippen molar-refractivity contribution in [1.82, 2.24) is 10.3 Å². The first-order valence-electron chi connectivity index (χ1n) is 7.92. The predicted molar refractivity (Wildman–Crippen MR) is 91.9 cm³/mol. The number of pyridine rings is 1. The van der Waals surface area contributed by atoms with Gasteiger partial charge < -0.3 is 14.5 Å². The summed E-state index contributed by atoms with van der Waals surface area (Å²) in [7, 11) is 0. The van der Waals surface area contributed by atoms with Crippen molar-refractivity contribution < 1.29 is 18.7 Å². The number of aryl methyl sites for hydroxylation is 1. The summed E-state index contributed by atoms with van der Waals surface area (Å²) in [6, 6.07) is 12.5. The Morgan fingerprint density at radius 2 is 2.04 bits per heavy atom. The summed E-state index contributed by atoms with van der Waals surface area (Å²) in [4.78, 5) is 29.0. The largest absolute Gasteiger partial charge is 0.467 e. The number of ether oxygens (including phenoxy) is 1. The van der Waals surface area contributed by atoms with E-state index in [-0.39, 0.29) is 12.5 Å². The first-order chi connectivity index (χ1) is 12.0. The van der Waals surface area contributed by atoms with Crippen LogP contribution in [0.1, 0.15) is 28.7 Å². The maximum Gasteiger partial charge on any atom is 0.339 e. The van der Waals surface area contributed by atoms with Gasteiger partial charge in [0.1, 0.15) is 5.76 Å². The molecule has 1 amide bonds. The van der Waals surface area contributed by atoms with E-state index >= 15 is 0 Å². The van der Waals surface area contributed by atoms with Gasteiger partial charge in [-0.25, -0.2) is 4.79 Å². The predicted octanol–water partition coefficient (Wildman–Crippen LogP) is 3.00. The lowest BCUT2D eigenvalue weighted by Crippen LogP contribution is -2.35. The number of amides is 1. The van der Waals surface area contributed by atoms with Crippen molar-refractivity contribution in [3.05, 3.63) is 65.7 Å². The summed E-state index contributed by atoms with van der Waals surface area (Å²) in [5.74, 6) is -0.315. The van der Waals surface area contributed by atoms with Crippen molar-refractivity contribution in [3.8, 4) is 0 Å². The summed E-state index contributed by atoms with van der Waals surface area (Å²) in [5, 5.41) is 3.36. The average Bonchev–Trinajstić information content (AvgIpc) is 3.12. The fourth-order valence-electron chi connectivity index (χ4n) is 2.49. The monoisotopic (exact) mass is 338 g/mol. The molecule has 2 aromatic heterocycles. The maximum atomic E-state index is 12.5. The van der Waals surface area contributed by atoms with E-state index in [1.807, 2.05) is 25.1 Å². The Morgan fingerprint density at radius 3 is 2.80 bits per heavy atom. The highest BCUT2D eigenvalue weighted by atomic mass is 16.5. The number of fused-ring (bicyclic) bond motifs is 1. The zero-order chi connectivity index (χ0) is 17.8. The molecule has 0 spiro atoms. The van der Waals surface area contributed by atoms with Crippen LogP contribution < -0.4 is 5.32 Å². The topological polar surface area (TPSA) is 81.4 Å². The average molecular weight is 338 g/mol. The van der Waals surface area contributed by atoms with E-state index in [0.717, 1.165) is 0 Å². The van der Waals surface area contributed by atoms with Crippen LogP contribution >= 0.6 is 0 Å². The number of aromatic nitrogens is 1. The number of nitrogens with one attached hydrogen (secondary N) is 1. The molecule has 6 nitrogen and oxygen atoms in total. The van der Waals surface area contributed by atoms with Crippen molar-refractivity contribution in [2.45, 2.75) is 26.5 Å². The van der Waals surface area contributed by atoms with E-state index in [1.165, 1.54) is 13.2 Å². The molecule has 128 valence electrons. The smallest absolute Gasteiger partial charge is 0.339 e. The molecule has 0 saturated carbocycles. The fraction of sp³-hybridized carbons (Fsp3) is 0.211. The first kappa shape index (κ1) is 16.7. The Kier molecular flexibility index (Phi) is 4.79. The quantitative estimate of drug-likeness (QED) is 0.723. The third-order valence-corrected chi connectivity index (χ3v) is 3.73. The van der Waals surface area contributed by atoms with Gasteiger partial charge in [-0.2, -0.15) is 0 Å². The lowest BCUT2D eigenvalue weighted by Gasteiger charge is -2.14. The van der Waals surface area contributed by atoms with Crippen LogP contribution in [-0.4, -0.2) is 23.0 Å². The third-order valence-electron chi connectivity index (χ3n) is 3.73. The van der Waals surface area contributed by atoms with Gasteiger partial charge in [-0.15, -0.1) is 0 Å². The number of furan rings is 1. The van der Waals surface area contributed by atoms with Gasteiger partial charge in [0.15, 0.2) is 6.10 Å². The highest BCUT2D eigenvalue weighted by Gasteiger charge is 2.21. The molecule has 1 N–H and O–H groups in total. The highest BCUT2D eigenvalue weighted by Crippen LogP contribution is 2.19. The zero-order valence-electron chi connectivity index (χ0n) is 14.0. The number of benzene rings is 1. The van der Waals surface area contributed by atoms with Gasteiger partial charge in [-0.3, -0.25) is 9.78 Å². The molecule has 0 bridgehead atoms. The minimum Gasteiger partial charge on any atom is -0.467 e. The van der Waals surface area contributed by atoms with Crippen LogP contribution in [0.5, 0.6) is 0 Å². The molecular weight excluding hydrogens is 320 g/mol. The first-order valence-corrected chi connectivity index (χ1v) is 7.92. The Balaban J connectivity index is 1.70. The number of nitrogens with zero attached hydrogens (tertiary/aromatic N) is 1. The molecule has 0 fully saturated rings. The summed E-state index contributed by atoms with van der Waals surface area (Å²) in [6.07, 6.45) is 0.608. The molecule has 0 aliphatic carbocycles. The minimum atomic E-state index is -0.922. The molecule has 0 saturated heterocycles. The standard InChI is InChI=1S/C19H18N2O4/c1-12-10-16(15-7-3-4-8-17(15)21-12)19(23)25-13(2)18(22)20-11-14-6-5-9-24-14/h3-10,13H,11H2,1-2H3,(H,20,22)/t13-/m1/s1. The Morgan fingerprint density at radius 1 is 1.24 bits per heavy atom. The van der Waals surface area contributed by atoms with Gasteiger partial charge in [0.25, 0.3) is 5.91 Å². The van der Waals surface area contributed by atoms with E-state index in [0.29, 0.717) is 27.9 Å². The molecule has 25 heavy (non-hydrogen) atoms. The molecule has 6 heteroatoms. The number of hydrogen-bond acceptors (Lipinski definition) is 5. The van der Waals surface area contributed by atoms with Crippen LogP contribution in [0.2, 0.25) is 0 Å². The van der Waals surface area contributed by atoms with Crippen molar-refractivity contribution in [2.75, 3.05) is 0 Å². The second-order valence-corrected chi connectivity index (χ2v) is 5.67. The Bertz CT molecular complexity index is 903. The lowest BCUT2D eigenvalue weighted by molar-refractivity contribution is -0.129. The van der Waals surface area contributed by atoms with Crippen molar-refractivity contribution >= 4 is 22.8 Å². The normalized spacial score (nSPS) is 11.9. The lowest BCUT2D eigenvalue weighted by atomic mass is 10.1. The number of carbonyl (C=O) groups is 2. The molecule has 2 heterocycles. The second-order valence-electron chi connectivity index (χ2n) is 5.67. The SMILES string of the molecule is Cc1cc(C(=O)O[C@H](C)C(=O)NCc2ccco2)c2ccccc2n1. The molecule has 3 rings (SSSR count). The van der Waals surface area contributed by atoms with Gasteiger partial charge in [-0.1, -0.05) is 18.2 Å². The van der Waals surface area contributed by atoms with Gasteiger partial charge in [0, 0.05) is 11.1 Å². The number of hydrogen-bond donors (Lipinski definition) is 1. The van der Waals surface area contributed by atoms with E-state index in [2.05, 4.69) is 10.3 Å². The van der Waals surface area contributed by atoms with E-state index in [4.69, 9.17) is 9.15 Å². The highest BCUT2D eigenvalue weighted by molar-refractivity contribution is 6.04. The van der Waals surface area contributed by atoms with Gasteiger partial charge in [0.2, 0.25) is 0 Å². The number of rotatable bonds is 5. The second kappa shape index (κ2) is 7.17. The molecule has 0 aliphatic rings. The summed E-state index contributed by atoms with van der Waals surface area (Å²) in [6.45, 7) is 3.58. The van der Waals surface area contributed by atoms with Gasteiger partial charge >= 0.3 is 5.97 Å². The minimum absolute atomic E-state index is 0.241. The Hall–Kier alpha value is -3.15. The van der Waals surface area contributed by atoms with E-state index in [9.17, 15) is 9.59 Å². The van der Waals surface area contributed by atoms with Gasteiger partial charge in [-0.05, 0) is 38.1 Å². The van der Waals surface area contributed by atoms with Crippen LogP contribution in [-0.2, 0) is 16.1 Å².